The molecule has 1 rings (SSSR count). The Morgan fingerprint density at radius 2 is 2.29 bits per heavy atom. The Bertz CT molecular complexity index is 234. The molecule has 0 aromatic carbocycles. The highest BCUT2D eigenvalue weighted by Gasteiger charge is 2.50. The van der Waals surface area contributed by atoms with Crippen molar-refractivity contribution >= 4 is 5.96 Å². The van der Waals surface area contributed by atoms with Crippen molar-refractivity contribution in [2.45, 2.75) is 19.3 Å². The van der Waals surface area contributed by atoms with Gasteiger partial charge in [-0.05, 0) is 12.8 Å². The maximum Gasteiger partial charge on any atom is 0.245 e. The number of nitrogens with one attached hydrogen (secondary N) is 1. The van der Waals surface area contributed by atoms with Gasteiger partial charge in [-0.25, -0.2) is 8.78 Å². The summed E-state index contributed by atoms with van der Waals surface area (Å²) < 4.78 is 24.9. The van der Waals surface area contributed by atoms with Crippen molar-refractivity contribution in [2.75, 3.05) is 13.1 Å². The predicted molar refractivity (Wildman–Crippen MR) is 52.4 cm³/mol. The standard InChI is InChI=1S/C9H15F2N3/c1-2-5-13-8(12)14-6-9(3-4-9)7(10)11/h2,7H,1,3-6H2,(H3,12,13,14). The van der Waals surface area contributed by atoms with Gasteiger partial charge in [-0.2, -0.15) is 0 Å². The molecular weight excluding hydrogens is 188 g/mol. The van der Waals surface area contributed by atoms with Crippen LogP contribution in [0.4, 0.5) is 8.78 Å². The number of hydrogen-bond donors (Lipinski definition) is 2. The molecular formula is C9H15F2N3. The third-order valence-electron chi connectivity index (χ3n) is 2.35. The van der Waals surface area contributed by atoms with Gasteiger partial charge in [0.15, 0.2) is 5.96 Å². The number of halogens is 2. The zero-order valence-electron chi connectivity index (χ0n) is 7.97. The SMILES string of the molecule is C=CCNC(N)=NCC1(C(F)F)CC1. The summed E-state index contributed by atoms with van der Waals surface area (Å²) in [6.45, 7) is 4.10. The van der Waals surface area contributed by atoms with Crippen LogP contribution >= 0.6 is 0 Å². The molecule has 0 atom stereocenters. The Hall–Kier alpha value is -1.13. The molecule has 3 nitrogen and oxygen atoms in total. The van der Waals surface area contributed by atoms with E-state index in [1.54, 1.807) is 6.08 Å². The smallest absolute Gasteiger partial charge is 0.245 e. The van der Waals surface area contributed by atoms with E-state index in [2.05, 4.69) is 16.9 Å². The molecule has 1 aliphatic carbocycles. The topological polar surface area (TPSA) is 50.4 Å². The van der Waals surface area contributed by atoms with Gasteiger partial charge in [0.25, 0.3) is 0 Å². The summed E-state index contributed by atoms with van der Waals surface area (Å²) in [5, 5.41) is 2.74. The summed E-state index contributed by atoms with van der Waals surface area (Å²) in [5.74, 6) is 0.205. The van der Waals surface area contributed by atoms with Gasteiger partial charge in [-0.3, -0.25) is 4.99 Å². The average Bonchev–Trinajstić information content (AvgIpc) is 2.92. The van der Waals surface area contributed by atoms with Crippen molar-refractivity contribution in [1.29, 1.82) is 0 Å². The molecule has 0 unspecified atom stereocenters. The number of nitrogens with zero attached hydrogens (tertiary/aromatic N) is 1. The Morgan fingerprint density at radius 1 is 1.64 bits per heavy atom. The Kier molecular flexibility index (Phi) is 3.43. The van der Waals surface area contributed by atoms with Crippen molar-refractivity contribution in [2.24, 2.45) is 16.1 Å². The number of guanidine groups is 1. The molecule has 80 valence electrons. The maximum absolute atomic E-state index is 12.4. The van der Waals surface area contributed by atoms with E-state index in [1.807, 2.05) is 0 Å². The van der Waals surface area contributed by atoms with Gasteiger partial charge in [0, 0.05) is 6.54 Å². The van der Waals surface area contributed by atoms with Gasteiger partial charge in [0.2, 0.25) is 6.43 Å². The Morgan fingerprint density at radius 3 is 2.71 bits per heavy atom. The molecule has 0 heterocycles. The van der Waals surface area contributed by atoms with E-state index < -0.39 is 11.8 Å². The van der Waals surface area contributed by atoms with E-state index >= 15 is 0 Å². The van der Waals surface area contributed by atoms with Gasteiger partial charge >= 0.3 is 0 Å². The lowest BCUT2D eigenvalue weighted by atomic mass is 10.1. The van der Waals surface area contributed by atoms with Crippen LogP contribution in [-0.2, 0) is 0 Å². The van der Waals surface area contributed by atoms with Crippen LogP contribution in [0.1, 0.15) is 12.8 Å². The van der Waals surface area contributed by atoms with E-state index in [4.69, 9.17) is 5.73 Å². The number of aliphatic imine (C=N–C) groups is 1. The van der Waals surface area contributed by atoms with Crippen LogP contribution in [0, 0.1) is 5.41 Å². The van der Waals surface area contributed by atoms with Crippen molar-refractivity contribution in [1.82, 2.24) is 5.32 Å². The molecule has 1 aliphatic rings. The van der Waals surface area contributed by atoms with Crippen molar-refractivity contribution in [3.63, 3.8) is 0 Å². The zero-order valence-corrected chi connectivity index (χ0v) is 7.97. The van der Waals surface area contributed by atoms with E-state index in [9.17, 15) is 8.78 Å². The fourth-order valence-corrected chi connectivity index (χ4v) is 1.08. The molecule has 1 saturated carbocycles. The number of hydrogen-bond acceptors (Lipinski definition) is 1. The minimum absolute atomic E-state index is 0.112. The molecule has 0 aromatic rings. The van der Waals surface area contributed by atoms with Crippen LogP contribution < -0.4 is 11.1 Å². The monoisotopic (exact) mass is 203 g/mol. The van der Waals surface area contributed by atoms with Crippen LogP contribution in [-0.4, -0.2) is 25.5 Å². The van der Waals surface area contributed by atoms with Gasteiger partial charge in [0.05, 0.1) is 12.0 Å². The highest BCUT2D eigenvalue weighted by molar-refractivity contribution is 5.77. The third-order valence-corrected chi connectivity index (χ3v) is 2.35. The Labute approximate surface area is 82.1 Å². The fraction of sp³-hybridized carbons (Fsp3) is 0.667. The normalized spacial score (nSPS) is 19.5. The number of rotatable bonds is 5. The van der Waals surface area contributed by atoms with Crippen LogP contribution in [0.2, 0.25) is 0 Å². The second kappa shape index (κ2) is 4.39. The molecule has 3 N–H and O–H groups in total. The first-order valence-corrected chi connectivity index (χ1v) is 4.53. The summed E-state index contributed by atoms with van der Waals surface area (Å²) in [6, 6.07) is 0. The van der Waals surface area contributed by atoms with Crippen molar-refractivity contribution < 1.29 is 8.78 Å². The first-order valence-electron chi connectivity index (χ1n) is 4.53. The first kappa shape index (κ1) is 10.9. The molecule has 0 aliphatic heterocycles. The largest absolute Gasteiger partial charge is 0.370 e. The van der Waals surface area contributed by atoms with Gasteiger partial charge in [-0.1, -0.05) is 6.08 Å². The minimum atomic E-state index is -2.29. The lowest BCUT2D eigenvalue weighted by Gasteiger charge is -2.11. The summed E-state index contributed by atoms with van der Waals surface area (Å²) in [4.78, 5) is 3.87. The molecule has 0 bridgehead atoms. The van der Waals surface area contributed by atoms with Gasteiger partial charge in [0.1, 0.15) is 0 Å². The predicted octanol–water partition coefficient (Wildman–Crippen LogP) is 1.12. The van der Waals surface area contributed by atoms with E-state index in [0.29, 0.717) is 19.4 Å². The quantitative estimate of drug-likeness (QED) is 0.399. The van der Waals surface area contributed by atoms with Gasteiger partial charge < -0.3 is 11.1 Å². The summed E-state index contributed by atoms with van der Waals surface area (Å²) in [5.41, 5.74) is 4.55. The number of alkyl halides is 2. The number of nitrogens with two attached hydrogens (primary N) is 1. The van der Waals surface area contributed by atoms with E-state index in [1.165, 1.54) is 0 Å². The zero-order chi connectivity index (χ0) is 10.6. The maximum atomic E-state index is 12.4. The molecule has 0 spiro atoms. The highest BCUT2D eigenvalue weighted by atomic mass is 19.3. The summed E-state index contributed by atoms with van der Waals surface area (Å²) in [6.07, 6.45) is 0.423. The molecule has 0 saturated heterocycles. The van der Waals surface area contributed by atoms with Crippen LogP contribution in [0.3, 0.4) is 0 Å². The summed E-state index contributed by atoms with van der Waals surface area (Å²) >= 11 is 0. The van der Waals surface area contributed by atoms with E-state index in [-0.39, 0.29) is 12.5 Å². The Balaban J connectivity index is 2.34. The fourth-order valence-electron chi connectivity index (χ4n) is 1.08. The van der Waals surface area contributed by atoms with Crippen LogP contribution in [0.15, 0.2) is 17.6 Å². The van der Waals surface area contributed by atoms with Gasteiger partial charge in [-0.15, -0.1) is 6.58 Å². The van der Waals surface area contributed by atoms with E-state index in [0.717, 1.165) is 0 Å². The van der Waals surface area contributed by atoms with Crippen molar-refractivity contribution in [3.8, 4) is 0 Å². The molecule has 14 heavy (non-hydrogen) atoms. The average molecular weight is 203 g/mol. The lowest BCUT2D eigenvalue weighted by molar-refractivity contribution is 0.0667. The van der Waals surface area contributed by atoms with Crippen molar-refractivity contribution in [3.05, 3.63) is 12.7 Å². The first-order chi connectivity index (χ1) is 6.60. The molecule has 0 aromatic heterocycles. The molecule has 5 heteroatoms. The highest BCUT2D eigenvalue weighted by Crippen LogP contribution is 2.50. The molecule has 1 fully saturated rings. The minimum Gasteiger partial charge on any atom is -0.370 e. The third kappa shape index (κ3) is 2.68. The van der Waals surface area contributed by atoms with Crippen LogP contribution in [0.5, 0.6) is 0 Å². The molecule has 0 radical (unpaired) electrons. The summed E-state index contributed by atoms with van der Waals surface area (Å²) in [7, 11) is 0. The lowest BCUT2D eigenvalue weighted by Crippen LogP contribution is -2.32. The molecule has 0 amide bonds. The second-order valence-corrected chi connectivity index (χ2v) is 3.53. The van der Waals surface area contributed by atoms with Crippen LogP contribution in [0.25, 0.3) is 0 Å². The second-order valence-electron chi connectivity index (χ2n) is 3.53.